The van der Waals surface area contributed by atoms with E-state index in [-0.39, 0.29) is 17.6 Å². The van der Waals surface area contributed by atoms with Crippen molar-refractivity contribution >= 4 is 17.2 Å². The van der Waals surface area contributed by atoms with Crippen LogP contribution in [-0.2, 0) is 11.2 Å². The Kier molecular flexibility index (Phi) is 5.47. The molecular weight excluding hydrogens is 362 g/mol. The third kappa shape index (κ3) is 3.74. The van der Waals surface area contributed by atoms with Crippen molar-refractivity contribution in [1.29, 1.82) is 0 Å². The van der Waals surface area contributed by atoms with Crippen molar-refractivity contribution in [3.8, 4) is 10.8 Å². The average Bonchev–Trinajstić information content (AvgIpc) is 3.16. The first kappa shape index (κ1) is 18.5. The number of carbonyl (C=O) groups excluding carboxylic acids is 1. The van der Waals surface area contributed by atoms with Gasteiger partial charge in [-0.1, -0.05) is 6.92 Å². The molecule has 0 bridgehead atoms. The van der Waals surface area contributed by atoms with Crippen LogP contribution in [0.1, 0.15) is 48.0 Å². The molecule has 4 heterocycles. The number of nitrogens with zero attached hydrogens (tertiary/aromatic N) is 3. The maximum Gasteiger partial charge on any atom is 0.263 e. The third-order valence-electron chi connectivity index (χ3n) is 5.41. The molecular formula is C19H25N5O2S. The fourth-order valence-electron chi connectivity index (χ4n) is 3.97. The van der Waals surface area contributed by atoms with Crippen LogP contribution in [0, 0.1) is 0 Å². The van der Waals surface area contributed by atoms with E-state index in [9.17, 15) is 4.79 Å². The number of hydrogen-bond donors (Lipinski definition) is 2. The number of aryl methyl sites for hydroxylation is 1. The Morgan fingerprint density at radius 2 is 2.15 bits per heavy atom. The highest BCUT2D eigenvalue weighted by Crippen LogP contribution is 2.34. The van der Waals surface area contributed by atoms with Crippen LogP contribution in [0.3, 0.4) is 0 Å². The first-order chi connectivity index (χ1) is 13.2. The topological polar surface area (TPSA) is 89.0 Å². The van der Waals surface area contributed by atoms with Crippen molar-refractivity contribution in [1.82, 2.24) is 25.6 Å². The molecule has 2 saturated heterocycles. The second-order valence-corrected chi connectivity index (χ2v) is 8.05. The molecule has 7 nitrogen and oxygen atoms in total. The molecule has 2 aliphatic heterocycles. The van der Waals surface area contributed by atoms with Gasteiger partial charge >= 0.3 is 0 Å². The van der Waals surface area contributed by atoms with Gasteiger partial charge in [-0.05, 0) is 51.3 Å². The SMILES string of the molecule is CCc1nc(-c2ncccn2)sc1C(=O)NC1CCCOC12CCNCC2. The Morgan fingerprint density at radius 3 is 2.89 bits per heavy atom. The van der Waals surface area contributed by atoms with Crippen LogP contribution in [0.2, 0.25) is 0 Å². The van der Waals surface area contributed by atoms with Crippen LogP contribution < -0.4 is 10.6 Å². The van der Waals surface area contributed by atoms with Crippen LogP contribution in [-0.4, -0.2) is 52.2 Å². The van der Waals surface area contributed by atoms with Gasteiger partial charge in [-0.25, -0.2) is 15.0 Å². The summed E-state index contributed by atoms with van der Waals surface area (Å²) < 4.78 is 6.20. The van der Waals surface area contributed by atoms with Crippen molar-refractivity contribution in [3.05, 3.63) is 29.0 Å². The number of nitrogens with one attached hydrogen (secondary N) is 2. The summed E-state index contributed by atoms with van der Waals surface area (Å²) in [6, 6.07) is 1.82. The predicted octanol–water partition coefficient (Wildman–Crippen LogP) is 2.19. The zero-order valence-corrected chi connectivity index (χ0v) is 16.3. The van der Waals surface area contributed by atoms with Gasteiger partial charge in [0.1, 0.15) is 4.88 Å². The van der Waals surface area contributed by atoms with E-state index >= 15 is 0 Å². The first-order valence-corrected chi connectivity index (χ1v) is 10.5. The Bertz CT molecular complexity index is 780. The number of hydrogen-bond acceptors (Lipinski definition) is 7. The zero-order valence-electron chi connectivity index (χ0n) is 15.5. The number of ether oxygens (including phenoxy) is 1. The van der Waals surface area contributed by atoms with E-state index in [4.69, 9.17) is 4.74 Å². The molecule has 0 saturated carbocycles. The molecule has 8 heteroatoms. The monoisotopic (exact) mass is 387 g/mol. The Labute approximate surface area is 163 Å². The van der Waals surface area contributed by atoms with Crippen molar-refractivity contribution in [2.45, 2.75) is 50.7 Å². The van der Waals surface area contributed by atoms with E-state index in [2.05, 4.69) is 25.6 Å². The van der Waals surface area contributed by atoms with Crippen molar-refractivity contribution in [2.75, 3.05) is 19.7 Å². The largest absolute Gasteiger partial charge is 0.373 e. The van der Waals surface area contributed by atoms with E-state index in [1.807, 2.05) is 6.92 Å². The number of rotatable bonds is 4. The van der Waals surface area contributed by atoms with Gasteiger partial charge in [0.25, 0.3) is 5.91 Å². The Balaban J connectivity index is 1.56. The molecule has 2 aliphatic rings. The lowest BCUT2D eigenvalue weighted by atomic mass is 9.80. The van der Waals surface area contributed by atoms with Gasteiger partial charge in [0.05, 0.1) is 17.3 Å². The average molecular weight is 388 g/mol. The van der Waals surface area contributed by atoms with E-state index in [1.165, 1.54) is 11.3 Å². The summed E-state index contributed by atoms with van der Waals surface area (Å²) in [5.41, 5.74) is 0.567. The molecule has 4 rings (SSSR count). The predicted molar refractivity (Wildman–Crippen MR) is 104 cm³/mol. The lowest BCUT2D eigenvalue weighted by molar-refractivity contribution is -0.114. The fraction of sp³-hybridized carbons (Fsp3) is 0.579. The van der Waals surface area contributed by atoms with Crippen molar-refractivity contribution < 1.29 is 9.53 Å². The third-order valence-corrected chi connectivity index (χ3v) is 6.50. The summed E-state index contributed by atoms with van der Waals surface area (Å²) in [5, 5.41) is 7.35. The summed E-state index contributed by atoms with van der Waals surface area (Å²) >= 11 is 1.37. The van der Waals surface area contributed by atoms with E-state index in [0.717, 1.165) is 51.1 Å². The quantitative estimate of drug-likeness (QED) is 0.836. The van der Waals surface area contributed by atoms with E-state index in [1.54, 1.807) is 18.5 Å². The standard InChI is InChI=1S/C19H25N5O2S/c1-2-13-15(27-18(23-13)16-21-8-4-9-22-16)17(25)24-14-5-3-12-26-19(14)6-10-20-11-7-19/h4,8-9,14,20H,2-3,5-7,10-12H2,1H3,(H,24,25). The normalized spacial score (nSPS) is 21.9. The smallest absolute Gasteiger partial charge is 0.263 e. The summed E-state index contributed by atoms with van der Waals surface area (Å²) in [6.45, 7) is 4.66. The minimum Gasteiger partial charge on any atom is -0.373 e. The molecule has 1 atom stereocenters. The lowest BCUT2D eigenvalue weighted by Gasteiger charge is -2.46. The number of amides is 1. The minimum absolute atomic E-state index is 0.0454. The van der Waals surface area contributed by atoms with Gasteiger partial charge in [-0.15, -0.1) is 11.3 Å². The molecule has 2 aromatic rings. The number of carbonyl (C=O) groups is 1. The van der Waals surface area contributed by atoms with E-state index in [0.29, 0.717) is 22.1 Å². The highest BCUT2D eigenvalue weighted by atomic mass is 32.1. The maximum atomic E-state index is 13.1. The van der Waals surface area contributed by atoms with Gasteiger partial charge in [0.15, 0.2) is 10.8 Å². The van der Waals surface area contributed by atoms with E-state index < -0.39 is 0 Å². The highest BCUT2D eigenvalue weighted by molar-refractivity contribution is 7.17. The zero-order chi connectivity index (χ0) is 18.7. The second kappa shape index (κ2) is 8.00. The minimum atomic E-state index is -0.235. The first-order valence-electron chi connectivity index (χ1n) is 9.64. The summed E-state index contributed by atoms with van der Waals surface area (Å²) in [4.78, 5) is 26.9. The van der Waals surface area contributed by atoms with Gasteiger partial charge in [0.2, 0.25) is 0 Å². The number of thiazole rings is 1. The van der Waals surface area contributed by atoms with Gasteiger partial charge in [-0.3, -0.25) is 4.79 Å². The molecule has 0 radical (unpaired) electrons. The molecule has 0 aliphatic carbocycles. The summed E-state index contributed by atoms with van der Waals surface area (Å²) in [6.07, 6.45) is 7.88. The second-order valence-electron chi connectivity index (χ2n) is 7.05. The van der Waals surface area contributed by atoms with Gasteiger partial charge < -0.3 is 15.4 Å². The van der Waals surface area contributed by atoms with Gasteiger partial charge in [0, 0.05) is 19.0 Å². The number of aromatic nitrogens is 3. The molecule has 2 N–H and O–H groups in total. The maximum absolute atomic E-state index is 13.1. The van der Waals surface area contributed by atoms with Crippen molar-refractivity contribution in [2.24, 2.45) is 0 Å². The van der Waals surface area contributed by atoms with Crippen LogP contribution >= 0.6 is 11.3 Å². The molecule has 0 aromatic carbocycles. The summed E-state index contributed by atoms with van der Waals surface area (Å²) in [7, 11) is 0. The van der Waals surface area contributed by atoms with Crippen molar-refractivity contribution in [3.63, 3.8) is 0 Å². The Hall–Kier alpha value is -1.90. The van der Waals surface area contributed by atoms with Gasteiger partial charge in [-0.2, -0.15) is 0 Å². The van der Waals surface area contributed by atoms with Crippen LogP contribution in [0.25, 0.3) is 10.8 Å². The fourth-order valence-corrected chi connectivity index (χ4v) is 4.98. The Morgan fingerprint density at radius 1 is 1.37 bits per heavy atom. The molecule has 2 fully saturated rings. The molecule has 27 heavy (non-hydrogen) atoms. The highest BCUT2D eigenvalue weighted by Gasteiger charge is 2.44. The molecule has 1 spiro atoms. The van der Waals surface area contributed by atoms with Crippen LogP contribution in [0.5, 0.6) is 0 Å². The molecule has 1 amide bonds. The lowest BCUT2D eigenvalue weighted by Crippen LogP contribution is -2.60. The van der Waals surface area contributed by atoms with Crippen LogP contribution in [0.15, 0.2) is 18.5 Å². The van der Waals surface area contributed by atoms with Crippen LogP contribution in [0.4, 0.5) is 0 Å². The molecule has 1 unspecified atom stereocenters. The number of piperidine rings is 1. The molecule has 144 valence electrons. The summed E-state index contributed by atoms with van der Waals surface area (Å²) in [5.74, 6) is 0.506. The molecule has 2 aromatic heterocycles.